The van der Waals surface area contributed by atoms with Crippen molar-refractivity contribution < 1.29 is 17.9 Å². The van der Waals surface area contributed by atoms with Crippen LogP contribution in [-0.2, 0) is 9.84 Å². The van der Waals surface area contributed by atoms with Crippen molar-refractivity contribution in [2.24, 2.45) is 0 Å². The van der Waals surface area contributed by atoms with Crippen LogP contribution in [0.15, 0.2) is 35.2 Å². The van der Waals surface area contributed by atoms with Gasteiger partial charge in [-0.3, -0.25) is 0 Å². The van der Waals surface area contributed by atoms with Crippen LogP contribution < -0.4 is 25.0 Å². The number of methoxy groups -OCH3 is 2. The Labute approximate surface area is 179 Å². The highest BCUT2D eigenvalue weighted by atomic mass is 32.2. The van der Waals surface area contributed by atoms with Crippen molar-refractivity contribution in [3.05, 3.63) is 41.5 Å². The zero-order valence-electron chi connectivity index (χ0n) is 18.3. The van der Waals surface area contributed by atoms with E-state index in [9.17, 15) is 8.42 Å². The van der Waals surface area contributed by atoms with Crippen LogP contribution in [0.2, 0.25) is 0 Å². The molecule has 0 spiro atoms. The van der Waals surface area contributed by atoms with E-state index in [2.05, 4.69) is 15.5 Å². The number of piperazine rings is 1. The second kappa shape index (κ2) is 9.14. The molecule has 164 valence electrons. The lowest BCUT2D eigenvalue weighted by Crippen LogP contribution is -2.43. The molecule has 7 nitrogen and oxygen atoms in total. The maximum atomic E-state index is 12.4. The predicted molar refractivity (Wildman–Crippen MR) is 121 cm³/mol. The molecular weight excluding hydrogens is 402 g/mol. The number of rotatable bonds is 7. The lowest BCUT2D eigenvalue weighted by atomic mass is 10.0. The summed E-state index contributed by atoms with van der Waals surface area (Å²) in [7, 11) is -0.178. The van der Waals surface area contributed by atoms with Gasteiger partial charge in [0.05, 0.1) is 30.8 Å². The van der Waals surface area contributed by atoms with E-state index in [1.807, 2.05) is 38.1 Å². The summed E-state index contributed by atoms with van der Waals surface area (Å²) in [6.07, 6.45) is 1.24. The molecule has 1 atom stereocenters. The van der Waals surface area contributed by atoms with Crippen LogP contribution in [0.4, 0.5) is 11.4 Å². The Morgan fingerprint density at radius 2 is 1.80 bits per heavy atom. The van der Waals surface area contributed by atoms with Gasteiger partial charge < -0.3 is 25.0 Å². The SMILES string of the molecule is COc1cc(C)cc(C(C)Nc2cc(N3CCNCC3)ccc2S(C)(=O)=O)c1OC. The normalized spacial score (nSPS) is 15.6. The number of anilines is 2. The van der Waals surface area contributed by atoms with Crippen molar-refractivity contribution in [2.75, 3.05) is 56.9 Å². The number of hydrogen-bond acceptors (Lipinski definition) is 7. The number of sulfone groups is 1. The van der Waals surface area contributed by atoms with E-state index < -0.39 is 9.84 Å². The lowest BCUT2D eigenvalue weighted by molar-refractivity contribution is 0.350. The molecule has 3 rings (SSSR count). The van der Waals surface area contributed by atoms with Crippen LogP contribution >= 0.6 is 0 Å². The fourth-order valence-electron chi connectivity index (χ4n) is 3.84. The molecule has 1 fully saturated rings. The van der Waals surface area contributed by atoms with Crippen LogP contribution in [-0.4, -0.2) is 55.1 Å². The minimum atomic E-state index is -3.39. The van der Waals surface area contributed by atoms with Gasteiger partial charge in [-0.15, -0.1) is 0 Å². The highest BCUT2D eigenvalue weighted by Gasteiger charge is 2.21. The van der Waals surface area contributed by atoms with E-state index in [0.717, 1.165) is 43.0 Å². The topological polar surface area (TPSA) is 79.9 Å². The fourth-order valence-corrected chi connectivity index (χ4v) is 4.68. The van der Waals surface area contributed by atoms with E-state index in [1.54, 1.807) is 20.3 Å². The summed E-state index contributed by atoms with van der Waals surface area (Å²) in [4.78, 5) is 2.54. The van der Waals surface area contributed by atoms with Gasteiger partial charge in [-0.05, 0) is 43.7 Å². The van der Waals surface area contributed by atoms with Gasteiger partial charge in [-0.2, -0.15) is 0 Å². The van der Waals surface area contributed by atoms with E-state index in [4.69, 9.17) is 9.47 Å². The van der Waals surface area contributed by atoms with Crippen molar-refractivity contribution in [1.29, 1.82) is 0 Å². The Morgan fingerprint density at radius 1 is 1.10 bits per heavy atom. The van der Waals surface area contributed by atoms with Crippen molar-refractivity contribution in [1.82, 2.24) is 5.32 Å². The Morgan fingerprint density at radius 3 is 2.40 bits per heavy atom. The third-order valence-corrected chi connectivity index (χ3v) is 6.49. The van der Waals surface area contributed by atoms with E-state index in [-0.39, 0.29) is 10.9 Å². The van der Waals surface area contributed by atoms with E-state index >= 15 is 0 Å². The first kappa shape index (κ1) is 22.2. The molecule has 1 unspecified atom stereocenters. The van der Waals surface area contributed by atoms with Crippen LogP contribution in [0.25, 0.3) is 0 Å². The summed E-state index contributed by atoms with van der Waals surface area (Å²) in [5.41, 5.74) is 3.53. The van der Waals surface area contributed by atoms with Gasteiger partial charge in [-0.25, -0.2) is 8.42 Å². The molecule has 2 aromatic carbocycles. The van der Waals surface area contributed by atoms with Gasteiger partial charge in [0.2, 0.25) is 0 Å². The molecule has 1 aliphatic rings. The van der Waals surface area contributed by atoms with Crippen LogP contribution in [0.3, 0.4) is 0 Å². The quantitative estimate of drug-likeness (QED) is 0.695. The molecule has 0 radical (unpaired) electrons. The van der Waals surface area contributed by atoms with Gasteiger partial charge in [0.15, 0.2) is 21.3 Å². The number of nitrogens with zero attached hydrogens (tertiary/aromatic N) is 1. The molecule has 1 heterocycles. The number of aryl methyl sites for hydroxylation is 1. The number of ether oxygens (including phenoxy) is 2. The van der Waals surface area contributed by atoms with E-state index in [0.29, 0.717) is 17.2 Å². The first-order valence-electron chi connectivity index (χ1n) is 10.0. The minimum absolute atomic E-state index is 0.201. The van der Waals surface area contributed by atoms with Crippen LogP contribution in [0.1, 0.15) is 24.1 Å². The zero-order valence-corrected chi connectivity index (χ0v) is 19.1. The van der Waals surface area contributed by atoms with Crippen LogP contribution in [0, 0.1) is 6.92 Å². The Hall–Kier alpha value is -2.45. The van der Waals surface area contributed by atoms with Gasteiger partial charge >= 0.3 is 0 Å². The molecule has 1 saturated heterocycles. The van der Waals surface area contributed by atoms with Gasteiger partial charge in [0, 0.05) is 43.7 Å². The number of nitrogens with one attached hydrogen (secondary N) is 2. The standard InChI is InChI=1S/C22H31N3O4S/c1-15-12-18(22(29-4)20(13-15)28-3)16(2)24-19-14-17(25-10-8-23-9-11-25)6-7-21(19)30(5,26)27/h6-7,12-14,16,23-24H,8-11H2,1-5H3. The number of benzene rings is 2. The monoisotopic (exact) mass is 433 g/mol. The predicted octanol–water partition coefficient (Wildman–Crippen LogP) is 3.00. The maximum Gasteiger partial charge on any atom is 0.177 e. The molecular formula is C22H31N3O4S. The minimum Gasteiger partial charge on any atom is -0.493 e. The molecule has 0 amide bonds. The molecule has 2 N–H and O–H groups in total. The molecule has 0 saturated carbocycles. The smallest absolute Gasteiger partial charge is 0.177 e. The van der Waals surface area contributed by atoms with Gasteiger partial charge in [-0.1, -0.05) is 6.07 Å². The average Bonchev–Trinajstić information content (AvgIpc) is 2.72. The zero-order chi connectivity index (χ0) is 21.9. The second-order valence-electron chi connectivity index (χ2n) is 7.65. The van der Waals surface area contributed by atoms with Gasteiger partial charge in [0.1, 0.15) is 0 Å². The summed E-state index contributed by atoms with van der Waals surface area (Å²) in [6, 6.07) is 9.25. The van der Waals surface area contributed by atoms with Gasteiger partial charge in [0.25, 0.3) is 0 Å². The summed E-state index contributed by atoms with van der Waals surface area (Å²) < 4.78 is 35.9. The van der Waals surface area contributed by atoms with Crippen molar-refractivity contribution >= 4 is 21.2 Å². The lowest BCUT2D eigenvalue weighted by Gasteiger charge is -2.30. The van der Waals surface area contributed by atoms with Crippen molar-refractivity contribution in [2.45, 2.75) is 24.8 Å². The molecule has 8 heteroatoms. The summed E-state index contributed by atoms with van der Waals surface area (Å²) in [6.45, 7) is 7.57. The average molecular weight is 434 g/mol. The van der Waals surface area contributed by atoms with Crippen molar-refractivity contribution in [3.8, 4) is 11.5 Å². The molecule has 1 aliphatic heterocycles. The highest BCUT2D eigenvalue weighted by molar-refractivity contribution is 7.90. The third kappa shape index (κ3) is 4.82. The Balaban J connectivity index is 2.01. The fraction of sp³-hybridized carbons (Fsp3) is 0.455. The Kier molecular flexibility index (Phi) is 6.77. The molecule has 0 aromatic heterocycles. The summed E-state index contributed by atoms with van der Waals surface area (Å²) >= 11 is 0. The molecule has 0 aliphatic carbocycles. The third-order valence-electron chi connectivity index (χ3n) is 5.34. The first-order valence-corrected chi connectivity index (χ1v) is 11.9. The van der Waals surface area contributed by atoms with E-state index in [1.165, 1.54) is 6.26 Å². The first-order chi connectivity index (χ1) is 14.2. The maximum absolute atomic E-state index is 12.4. The Bertz CT molecular complexity index is 1000. The second-order valence-corrected chi connectivity index (χ2v) is 9.63. The number of hydrogen-bond donors (Lipinski definition) is 2. The molecule has 30 heavy (non-hydrogen) atoms. The van der Waals surface area contributed by atoms with Crippen molar-refractivity contribution in [3.63, 3.8) is 0 Å². The van der Waals surface area contributed by atoms with Crippen LogP contribution in [0.5, 0.6) is 11.5 Å². The molecule has 0 bridgehead atoms. The largest absolute Gasteiger partial charge is 0.493 e. The summed E-state index contributed by atoms with van der Waals surface area (Å²) in [5, 5.41) is 6.75. The highest BCUT2D eigenvalue weighted by Crippen LogP contribution is 2.38. The summed E-state index contributed by atoms with van der Waals surface area (Å²) in [5.74, 6) is 1.29. The molecule has 2 aromatic rings.